The lowest BCUT2D eigenvalue weighted by molar-refractivity contribution is -0.384. The third-order valence-electron chi connectivity index (χ3n) is 3.51. The number of benzene rings is 1. The maximum Gasteiger partial charge on any atom is 0.292 e. The largest absolute Gasteiger partial charge is 0.368 e. The quantitative estimate of drug-likeness (QED) is 0.677. The van der Waals surface area contributed by atoms with Crippen LogP contribution in [0.4, 0.5) is 11.4 Å². The van der Waals surface area contributed by atoms with E-state index >= 15 is 0 Å². The van der Waals surface area contributed by atoms with E-state index in [4.69, 9.17) is 0 Å². The van der Waals surface area contributed by atoms with E-state index in [-0.39, 0.29) is 11.6 Å². The smallest absolute Gasteiger partial charge is 0.292 e. The first-order chi connectivity index (χ1) is 9.49. The maximum absolute atomic E-state index is 12.2. The molecule has 1 aromatic carbocycles. The van der Waals surface area contributed by atoms with Gasteiger partial charge in [-0.2, -0.15) is 0 Å². The second kappa shape index (κ2) is 5.90. The fraction of sp³-hybridized carbons (Fsp3) is 0.500. The summed E-state index contributed by atoms with van der Waals surface area (Å²) in [5.74, 6) is -0.00243. The van der Waals surface area contributed by atoms with Gasteiger partial charge in [0.2, 0.25) is 5.91 Å². The molecule has 1 aromatic rings. The van der Waals surface area contributed by atoms with Crippen molar-refractivity contribution >= 4 is 17.3 Å². The van der Waals surface area contributed by atoms with E-state index in [2.05, 4.69) is 5.32 Å². The van der Waals surface area contributed by atoms with E-state index in [0.717, 1.165) is 31.5 Å². The first kappa shape index (κ1) is 14.3. The topological polar surface area (TPSA) is 75.5 Å². The van der Waals surface area contributed by atoms with Crippen molar-refractivity contribution in [1.82, 2.24) is 4.90 Å². The minimum Gasteiger partial charge on any atom is -0.368 e. The van der Waals surface area contributed by atoms with Gasteiger partial charge in [-0.05, 0) is 38.3 Å². The standard InChI is InChI=1S/C14H19N3O3/c1-10-5-6-12(13(9-10)17(19)20)15-11(2)14(18)16-7-3-4-8-16/h5-6,9,11,15H,3-4,7-8H2,1-2H3. The van der Waals surface area contributed by atoms with Crippen LogP contribution in [-0.2, 0) is 4.79 Å². The molecule has 1 saturated heterocycles. The van der Waals surface area contributed by atoms with E-state index in [9.17, 15) is 14.9 Å². The van der Waals surface area contributed by atoms with E-state index in [0.29, 0.717) is 5.69 Å². The molecule has 1 atom stereocenters. The van der Waals surface area contributed by atoms with Gasteiger partial charge in [-0.25, -0.2) is 0 Å². The summed E-state index contributed by atoms with van der Waals surface area (Å²) in [7, 11) is 0. The lowest BCUT2D eigenvalue weighted by Gasteiger charge is -2.21. The molecule has 0 aliphatic carbocycles. The predicted octanol–water partition coefficient (Wildman–Crippen LogP) is 2.33. The van der Waals surface area contributed by atoms with Crippen molar-refractivity contribution in [2.45, 2.75) is 32.7 Å². The minimum absolute atomic E-state index is 0.00243. The minimum atomic E-state index is -0.463. The van der Waals surface area contributed by atoms with E-state index in [1.165, 1.54) is 6.07 Å². The number of likely N-dealkylation sites (tertiary alicyclic amines) is 1. The Morgan fingerprint density at radius 2 is 2.05 bits per heavy atom. The summed E-state index contributed by atoms with van der Waals surface area (Å²) in [5.41, 5.74) is 1.22. The van der Waals surface area contributed by atoms with Crippen LogP contribution in [0.25, 0.3) is 0 Å². The molecule has 0 radical (unpaired) electrons. The average molecular weight is 277 g/mol. The fourth-order valence-corrected chi connectivity index (χ4v) is 2.42. The summed E-state index contributed by atoms with van der Waals surface area (Å²) in [4.78, 5) is 24.6. The van der Waals surface area contributed by atoms with Gasteiger partial charge in [0, 0.05) is 19.2 Å². The van der Waals surface area contributed by atoms with Crippen LogP contribution in [0.5, 0.6) is 0 Å². The highest BCUT2D eigenvalue weighted by Crippen LogP contribution is 2.26. The summed E-state index contributed by atoms with van der Waals surface area (Å²) >= 11 is 0. The number of hydrogen-bond acceptors (Lipinski definition) is 4. The molecule has 0 bridgehead atoms. The molecule has 0 spiro atoms. The van der Waals surface area contributed by atoms with Crippen molar-refractivity contribution in [3.8, 4) is 0 Å². The third-order valence-corrected chi connectivity index (χ3v) is 3.51. The Kier molecular flexibility index (Phi) is 4.22. The van der Waals surface area contributed by atoms with Crippen LogP contribution < -0.4 is 5.32 Å². The Bertz CT molecular complexity index is 524. The average Bonchev–Trinajstić information content (AvgIpc) is 2.93. The lowest BCUT2D eigenvalue weighted by atomic mass is 10.1. The zero-order valence-electron chi connectivity index (χ0n) is 11.8. The molecular weight excluding hydrogens is 258 g/mol. The van der Waals surface area contributed by atoms with Gasteiger partial charge in [0.1, 0.15) is 11.7 Å². The zero-order valence-corrected chi connectivity index (χ0v) is 11.8. The molecule has 0 aromatic heterocycles. The zero-order chi connectivity index (χ0) is 14.7. The molecule has 6 heteroatoms. The van der Waals surface area contributed by atoms with Crippen LogP contribution in [0.3, 0.4) is 0 Å². The summed E-state index contributed by atoms with van der Waals surface area (Å²) in [6.45, 7) is 5.10. The number of carbonyl (C=O) groups excluding carboxylic acids is 1. The molecule has 1 heterocycles. The number of carbonyl (C=O) groups is 1. The maximum atomic E-state index is 12.2. The predicted molar refractivity (Wildman–Crippen MR) is 76.7 cm³/mol. The van der Waals surface area contributed by atoms with Crippen molar-refractivity contribution in [2.75, 3.05) is 18.4 Å². The molecule has 20 heavy (non-hydrogen) atoms. The molecule has 1 N–H and O–H groups in total. The van der Waals surface area contributed by atoms with Gasteiger partial charge in [0.25, 0.3) is 5.69 Å². The van der Waals surface area contributed by atoms with Crippen molar-refractivity contribution in [3.63, 3.8) is 0 Å². The van der Waals surface area contributed by atoms with Gasteiger partial charge in [-0.1, -0.05) is 6.07 Å². The third kappa shape index (κ3) is 3.07. The van der Waals surface area contributed by atoms with Crippen molar-refractivity contribution in [2.24, 2.45) is 0 Å². The number of nitrogens with one attached hydrogen (secondary N) is 1. The monoisotopic (exact) mass is 277 g/mol. The van der Waals surface area contributed by atoms with Crippen molar-refractivity contribution in [1.29, 1.82) is 0 Å². The molecule has 1 amide bonds. The Morgan fingerprint density at radius 3 is 2.65 bits per heavy atom. The number of hydrogen-bond donors (Lipinski definition) is 1. The van der Waals surface area contributed by atoms with Gasteiger partial charge in [-0.15, -0.1) is 0 Å². The Balaban J connectivity index is 2.12. The molecule has 0 saturated carbocycles. The Morgan fingerprint density at radius 1 is 1.40 bits per heavy atom. The number of anilines is 1. The van der Waals surface area contributed by atoms with Crippen LogP contribution in [0.2, 0.25) is 0 Å². The fourth-order valence-electron chi connectivity index (χ4n) is 2.42. The van der Waals surface area contributed by atoms with E-state index in [1.807, 2.05) is 0 Å². The summed E-state index contributed by atoms with van der Waals surface area (Å²) < 4.78 is 0. The van der Waals surface area contributed by atoms with Crippen LogP contribution in [-0.4, -0.2) is 34.9 Å². The molecule has 6 nitrogen and oxygen atoms in total. The lowest BCUT2D eigenvalue weighted by Crippen LogP contribution is -2.39. The second-order valence-corrected chi connectivity index (χ2v) is 5.18. The van der Waals surface area contributed by atoms with E-state index in [1.54, 1.807) is 30.9 Å². The number of amides is 1. The number of nitro groups is 1. The molecule has 1 aliphatic rings. The highest BCUT2D eigenvalue weighted by Gasteiger charge is 2.25. The van der Waals surface area contributed by atoms with Crippen molar-refractivity contribution in [3.05, 3.63) is 33.9 Å². The van der Waals surface area contributed by atoms with Crippen LogP contribution >= 0.6 is 0 Å². The van der Waals surface area contributed by atoms with Gasteiger partial charge in [0.15, 0.2) is 0 Å². The van der Waals surface area contributed by atoms with Gasteiger partial charge >= 0.3 is 0 Å². The Labute approximate surface area is 117 Å². The van der Waals surface area contributed by atoms with Crippen LogP contribution in [0.15, 0.2) is 18.2 Å². The van der Waals surface area contributed by atoms with Crippen LogP contribution in [0, 0.1) is 17.0 Å². The molecule has 1 unspecified atom stereocenters. The molecule has 1 fully saturated rings. The summed E-state index contributed by atoms with van der Waals surface area (Å²) in [5, 5.41) is 14.0. The Hall–Kier alpha value is -2.11. The van der Waals surface area contributed by atoms with Gasteiger partial charge < -0.3 is 10.2 Å². The SMILES string of the molecule is Cc1ccc(NC(C)C(=O)N2CCCC2)c([N+](=O)[O-])c1. The highest BCUT2D eigenvalue weighted by atomic mass is 16.6. The normalized spacial score (nSPS) is 16.0. The van der Waals surface area contributed by atoms with Gasteiger partial charge in [0.05, 0.1) is 4.92 Å². The molecular formula is C14H19N3O3. The molecule has 108 valence electrons. The summed E-state index contributed by atoms with van der Waals surface area (Å²) in [6, 6.07) is 4.49. The number of rotatable bonds is 4. The van der Waals surface area contributed by atoms with Crippen LogP contribution in [0.1, 0.15) is 25.3 Å². The number of nitro benzene ring substituents is 1. The first-order valence-electron chi connectivity index (χ1n) is 6.79. The second-order valence-electron chi connectivity index (χ2n) is 5.18. The highest BCUT2D eigenvalue weighted by molar-refractivity contribution is 5.85. The van der Waals surface area contributed by atoms with Gasteiger partial charge in [-0.3, -0.25) is 14.9 Å². The van der Waals surface area contributed by atoms with Crippen molar-refractivity contribution < 1.29 is 9.72 Å². The molecule has 1 aliphatic heterocycles. The number of aryl methyl sites for hydroxylation is 1. The van der Waals surface area contributed by atoms with E-state index < -0.39 is 11.0 Å². The number of nitrogens with zero attached hydrogens (tertiary/aromatic N) is 2. The molecule has 2 rings (SSSR count). The summed E-state index contributed by atoms with van der Waals surface area (Å²) in [6.07, 6.45) is 2.06. The first-order valence-corrected chi connectivity index (χ1v) is 6.79.